The number of pyridine rings is 1. The number of thiocarbonyl (C=S) groups is 1. The summed E-state index contributed by atoms with van der Waals surface area (Å²) in [6.45, 7) is 0.399. The number of anilines is 1. The van der Waals surface area contributed by atoms with Gasteiger partial charge in [0, 0.05) is 19.2 Å². The molecule has 1 N–H and O–H groups in total. The fourth-order valence-corrected chi connectivity index (χ4v) is 3.92. The van der Waals surface area contributed by atoms with Crippen molar-refractivity contribution in [2.24, 2.45) is 0 Å². The Morgan fingerprint density at radius 2 is 2.18 bits per heavy atom. The smallest absolute Gasteiger partial charge is 0.266 e. The first kappa shape index (κ1) is 20.0. The van der Waals surface area contributed by atoms with Crippen LogP contribution < -0.4 is 10.1 Å². The third kappa shape index (κ3) is 5.17. The Bertz CT molecular complexity index is 916. The van der Waals surface area contributed by atoms with Crippen molar-refractivity contribution in [3.63, 3.8) is 0 Å². The predicted octanol–water partition coefficient (Wildman–Crippen LogP) is 3.71. The third-order valence-corrected chi connectivity index (χ3v) is 5.36. The quantitative estimate of drug-likeness (QED) is 0.551. The van der Waals surface area contributed by atoms with Crippen molar-refractivity contribution in [1.29, 1.82) is 0 Å². The number of benzene rings is 1. The van der Waals surface area contributed by atoms with E-state index in [1.54, 1.807) is 42.5 Å². The molecule has 28 heavy (non-hydrogen) atoms. The fourth-order valence-electron chi connectivity index (χ4n) is 2.62. The van der Waals surface area contributed by atoms with Gasteiger partial charge in [0.1, 0.15) is 15.9 Å². The van der Waals surface area contributed by atoms with Crippen LogP contribution in [-0.4, -0.2) is 39.7 Å². The molecule has 0 unspecified atom stereocenters. The maximum absolute atomic E-state index is 12.6. The molecule has 2 heterocycles. The van der Waals surface area contributed by atoms with E-state index in [-0.39, 0.29) is 18.2 Å². The number of rotatable bonds is 7. The third-order valence-electron chi connectivity index (χ3n) is 3.98. The van der Waals surface area contributed by atoms with Gasteiger partial charge in [0.2, 0.25) is 5.91 Å². The molecule has 1 aromatic heterocycles. The van der Waals surface area contributed by atoms with Crippen molar-refractivity contribution >= 4 is 52.0 Å². The van der Waals surface area contributed by atoms with Gasteiger partial charge in [-0.25, -0.2) is 4.98 Å². The van der Waals surface area contributed by atoms with E-state index in [1.165, 1.54) is 11.8 Å². The molecular weight excluding hydrogens is 394 g/mol. The normalized spacial score (nSPS) is 15.2. The first-order chi connectivity index (χ1) is 13.6. The molecule has 144 valence electrons. The second kappa shape index (κ2) is 9.48. The summed E-state index contributed by atoms with van der Waals surface area (Å²) in [5, 5.41) is 2.73. The summed E-state index contributed by atoms with van der Waals surface area (Å²) >= 11 is 6.60. The summed E-state index contributed by atoms with van der Waals surface area (Å²) < 4.78 is 5.71. The summed E-state index contributed by atoms with van der Waals surface area (Å²) in [5.74, 6) is 0.960. The Labute approximate surface area is 173 Å². The Morgan fingerprint density at radius 3 is 2.93 bits per heavy atom. The molecule has 0 saturated carbocycles. The van der Waals surface area contributed by atoms with Crippen molar-refractivity contribution in [1.82, 2.24) is 9.88 Å². The van der Waals surface area contributed by atoms with Gasteiger partial charge in [-0.2, -0.15) is 0 Å². The van der Waals surface area contributed by atoms with E-state index in [0.29, 0.717) is 28.0 Å². The van der Waals surface area contributed by atoms with Gasteiger partial charge in [-0.3, -0.25) is 14.5 Å². The van der Waals surface area contributed by atoms with E-state index < -0.39 is 0 Å². The van der Waals surface area contributed by atoms with Crippen LogP contribution in [0.3, 0.4) is 0 Å². The van der Waals surface area contributed by atoms with Crippen LogP contribution in [0.25, 0.3) is 6.08 Å². The number of nitrogens with zero attached hydrogens (tertiary/aromatic N) is 2. The highest BCUT2D eigenvalue weighted by atomic mass is 32.2. The predicted molar refractivity (Wildman–Crippen MR) is 115 cm³/mol. The molecule has 1 fully saturated rings. The molecule has 8 heteroatoms. The zero-order valence-corrected chi connectivity index (χ0v) is 16.9. The van der Waals surface area contributed by atoms with Crippen LogP contribution in [0.2, 0.25) is 0 Å². The lowest BCUT2D eigenvalue weighted by molar-refractivity contribution is -0.122. The van der Waals surface area contributed by atoms with Crippen LogP contribution in [0.5, 0.6) is 5.75 Å². The number of hydrogen-bond acceptors (Lipinski definition) is 6. The largest absolute Gasteiger partial charge is 0.497 e. The molecule has 0 radical (unpaired) electrons. The van der Waals surface area contributed by atoms with Gasteiger partial charge in [-0.1, -0.05) is 42.2 Å². The molecule has 0 spiro atoms. The lowest BCUT2D eigenvalue weighted by Crippen LogP contribution is -2.29. The van der Waals surface area contributed by atoms with Crippen molar-refractivity contribution in [3.8, 4) is 5.75 Å². The number of amides is 2. The van der Waals surface area contributed by atoms with E-state index in [1.807, 2.05) is 24.3 Å². The first-order valence-corrected chi connectivity index (χ1v) is 9.89. The average Bonchev–Trinajstić information content (AvgIpc) is 2.96. The number of carbonyl (C=O) groups excluding carboxylic acids is 2. The van der Waals surface area contributed by atoms with Gasteiger partial charge in [0.25, 0.3) is 5.91 Å². The van der Waals surface area contributed by atoms with Crippen LogP contribution >= 0.6 is 24.0 Å². The summed E-state index contributed by atoms with van der Waals surface area (Å²) in [7, 11) is 1.60. The first-order valence-electron chi connectivity index (χ1n) is 8.67. The molecule has 1 saturated heterocycles. The lowest BCUT2D eigenvalue weighted by Gasteiger charge is -2.14. The Hall–Kier alpha value is -2.71. The molecule has 6 nitrogen and oxygen atoms in total. The van der Waals surface area contributed by atoms with Gasteiger partial charge in [0.05, 0.1) is 12.0 Å². The monoisotopic (exact) mass is 413 g/mol. The van der Waals surface area contributed by atoms with Gasteiger partial charge in [-0.15, -0.1) is 0 Å². The second-order valence-corrected chi connectivity index (χ2v) is 7.65. The summed E-state index contributed by atoms with van der Waals surface area (Å²) in [6.07, 6.45) is 4.21. The van der Waals surface area contributed by atoms with E-state index >= 15 is 0 Å². The molecule has 3 rings (SSSR count). The minimum Gasteiger partial charge on any atom is -0.497 e. The van der Waals surface area contributed by atoms with E-state index in [9.17, 15) is 9.59 Å². The van der Waals surface area contributed by atoms with Crippen LogP contribution in [0.15, 0.2) is 53.6 Å². The number of aromatic nitrogens is 1. The van der Waals surface area contributed by atoms with Gasteiger partial charge < -0.3 is 10.1 Å². The molecule has 1 aromatic carbocycles. The zero-order valence-electron chi connectivity index (χ0n) is 15.3. The molecule has 0 aliphatic carbocycles. The summed E-state index contributed by atoms with van der Waals surface area (Å²) in [5.41, 5.74) is 0.870. The highest BCUT2D eigenvalue weighted by molar-refractivity contribution is 8.26. The Balaban J connectivity index is 1.55. The number of thioether (sulfide) groups is 1. The molecule has 0 atom stereocenters. The molecule has 0 bridgehead atoms. The van der Waals surface area contributed by atoms with Crippen molar-refractivity contribution in [2.75, 3.05) is 19.0 Å². The van der Waals surface area contributed by atoms with Gasteiger partial charge in [-0.05, 0) is 42.3 Å². The summed E-state index contributed by atoms with van der Waals surface area (Å²) in [6, 6.07) is 12.8. The maximum Gasteiger partial charge on any atom is 0.266 e. The summed E-state index contributed by atoms with van der Waals surface area (Å²) in [4.78, 5) is 30.8. The topological polar surface area (TPSA) is 71.5 Å². The van der Waals surface area contributed by atoms with Crippen LogP contribution in [0.1, 0.15) is 18.4 Å². The highest BCUT2D eigenvalue weighted by Crippen LogP contribution is 2.33. The number of nitrogens with one attached hydrogen (secondary N) is 1. The standard InChI is InChI=1S/C20H19N3O3S2/c1-26-15-7-4-6-14(12-15)13-16-19(25)23(20(27)28-16)11-5-9-18(24)22-17-8-2-3-10-21-17/h2-4,6-8,10,12-13H,5,9,11H2,1H3,(H,21,22,24). The highest BCUT2D eigenvalue weighted by Gasteiger charge is 2.31. The van der Waals surface area contributed by atoms with Crippen molar-refractivity contribution in [3.05, 3.63) is 59.1 Å². The minimum absolute atomic E-state index is 0.136. The average molecular weight is 414 g/mol. The minimum atomic E-state index is -0.143. The molecule has 1 aliphatic heterocycles. The number of carbonyl (C=O) groups is 2. The van der Waals surface area contributed by atoms with Crippen LogP contribution in [0, 0.1) is 0 Å². The molecule has 1 aliphatic rings. The molecular formula is C20H19N3O3S2. The zero-order chi connectivity index (χ0) is 19.9. The Kier molecular flexibility index (Phi) is 6.78. The number of hydrogen-bond donors (Lipinski definition) is 1. The lowest BCUT2D eigenvalue weighted by atomic mass is 10.2. The van der Waals surface area contributed by atoms with Crippen LogP contribution in [-0.2, 0) is 9.59 Å². The fraction of sp³-hybridized carbons (Fsp3) is 0.200. The Morgan fingerprint density at radius 1 is 1.32 bits per heavy atom. The molecule has 2 amide bonds. The SMILES string of the molecule is COc1cccc(C=C2SC(=S)N(CCCC(=O)Nc3ccccn3)C2=O)c1. The van der Waals surface area contributed by atoms with E-state index in [0.717, 1.165) is 11.3 Å². The van der Waals surface area contributed by atoms with Crippen molar-refractivity contribution < 1.29 is 14.3 Å². The maximum atomic E-state index is 12.6. The number of methoxy groups -OCH3 is 1. The molecule has 2 aromatic rings. The van der Waals surface area contributed by atoms with E-state index in [4.69, 9.17) is 17.0 Å². The van der Waals surface area contributed by atoms with Gasteiger partial charge in [0.15, 0.2) is 0 Å². The number of ether oxygens (including phenoxy) is 1. The second-order valence-electron chi connectivity index (χ2n) is 5.98. The van der Waals surface area contributed by atoms with Gasteiger partial charge >= 0.3 is 0 Å². The van der Waals surface area contributed by atoms with Crippen molar-refractivity contribution in [2.45, 2.75) is 12.8 Å². The van der Waals surface area contributed by atoms with Crippen LogP contribution in [0.4, 0.5) is 5.82 Å². The van der Waals surface area contributed by atoms with E-state index in [2.05, 4.69) is 10.3 Å².